The van der Waals surface area contributed by atoms with Crippen molar-refractivity contribution in [2.24, 2.45) is 12.0 Å². The molecule has 0 N–H and O–H groups in total. The number of hydrogen-bond donors (Lipinski definition) is 0. The molecule has 1 aromatic carbocycles. The SMILES string of the molecule is CCC1CN(c2ccc(C)c3c2ncn3C)C=N1. The first kappa shape index (κ1) is 11.3. The molecule has 0 amide bonds. The third-order valence-corrected chi connectivity index (χ3v) is 3.65. The minimum Gasteiger partial charge on any atom is -0.333 e. The maximum Gasteiger partial charge on any atom is 0.112 e. The molecule has 18 heavy (non-hydrogen) atoms. The highest BCUT2D eigenvalue weighted by molar-refractivity contribution is 5.97. The Bertz CT molecular complexity index is 612. The summed E-state index contributed by atoms with van der Waals surface area (Å²) < 4.78 is 2.08. The third-order valence-electron chi connectivity index (χ3n) is 3.65. The summed E-state index contributed by atoms with van der Waals surface area (Å²) in [5, 5.41) is 0. The number of imidazole rings is 1. The zero-order valence-corrected chi connectivity index (χ0v) is 11.1. The van der Waals surface area contributed by atoms with Gasteiger partial charge in [0.2, 0.25) is 0 Å². The lowest BCUT2D eigenvalue weighted by atomic mass is 10.1. The molecule has 4 heteroatoms. The van der Waals surface area contributed by atoms with Gasteiger partial charge in [-0.2, -0.15) is 0 Å². The topological polar surface area (TPSA) is 33.4 Å². The van der Waals surface area contributed by atoms with Gasteiger partial charge < -0.3 is 9.47 Å². The Morgan fingerprint density at radius 2 is 2.22 bits per heavy atom. The van der Waals surface area contributed by atoms with Crippen molar-refractivity contribution in [3.63, 3.8) is 0 Å². The lowest BCUT2D eigenvalue weighted by molar-refractivity contribution is 0.693. The molecule has 1 aromatic heterocycles. The second-order valence-electron chi connectivity index (χ2n) is 4.93. The van der Waals surface area contributed by atoms with Crippen LogP contribution >= 0.6 is 0 Å². The molecule has 0 spiro atoms. The molecule has 0 aliphatic carbocycles. The summed E-state index contributed by atoms with van der Waals surface area (Å²) in [5.74, 6) is 0. The standard InChI is InChI=1S/C14H18N4/c1-4-11-7-18(9-15-11)12-6-5-10(2)14-13(12)16-8-17(14)3/h5-6,8-9,11H,4,7H2,1-3H3. The first-order valence-electron chi connectivity index (χ1n) is 6.41. The fraction of sp³-hybridized carbons (Fsp3) is 0.429. The minimum atomic E-state index is 0.421. The van der Waals surface area contributed by atoms with Gasteiger partial charge in [-0.05, 0) is 25.0 Å². The van der Waals surface area contributed by atoms with Crippen LogP contribution in [0.2, 0.25) is 0 Å². The molecule has 3 rings (SSSR count). The smallest absolute Gasteiger partial charge is 0.112 e. The largest absolute Gasteiger partial charge is 0.333 e. The number of nitrogens with zero attached hydrogens (tertiary/aromatic N) is 4. The van der Waals surface area contributed by atoms with Crippen molar-refractivity contribution >= 4 is 23.1 Å². The molecular formula is C14H18N4. The van der Waals surface area contributed by atoms with Gasteiger partial charge in [0.15, 0.2) is 0 Å². The van der Waals surface area contributed by atoms with Gasteiger partial charge in [0.1, 0.15) is 5.52 Å². The van der Waals surface area contributed by atoms with Gasteiger partial charge in [-0.15, -0.1) is 0 Å². The predicted octanol–water partition coefficient (Wildman–Crippen LogP) is 2.51. The van der Waals surface area contributed by atoms with Crippen LogP contribution in [0, 0.1) is 6.92 Å². The van der Waals surface area contributed by atoms with Crippen molar-refractivity contribution in [3.8, 4) is 0 Å². The molecule has 1 aliphatic heterocycles. The Kier molecular flexibility index (Phi) is 2.58. The highest BCUT2D eigenvalue weighted by Gasteiger charge is 2.20. The number of aryl methyl sites for hydroxylation is 2. The van der Waals surface area contributed by atoms with E-state index in [2.05, 4.69) is 45.4 Å². The summed E-state index contributed by atoms with van der Waals surface area (Å²) in [6.07, 6.45) is 4.92. The zero-order chi connectivity index (χ0) is 12.7. The Morgan fingerprint density at radius 1 is 1.39 bits per heavy atom. The number of anilines is 1. The molecule has 2 aromatic rings. The van der Waals surface area contributed by atoms with Crippen LogP contribution in [0.25, 0.3) is 11.0 Å². The molecule has 0 saturated carbocycles. The summed E-state index contributed by atoms with van der Waals surface area (Å²) in [4.78, 5) is 11.3. The lowest BCUT2D eigenvalue weighted by Gasteiger charge is -2.17. The average molecular weight is 242 g/mol. The van der Waals surface area contributed by atoms with Crippen molar-refractivity contribution in [1.29, 1.82) is 0 Å². The molecular weight excluding hydrogens is 224 g/mol. The van der Waals surface area contributed by atoms with E-state index in [0.29, 0.717) is 6.04 Å². The summed E-state index contributed by atoms with van der Waals surface area (Å²) in [7, 11) is 2.04. The Morgan fingerprint density at radius 3 is 2.94 bits per heavy atom. The quantitative estimate of drug-likeness (QED) is 0.810. The normalized spacial score (nSPS) is 19.1. The fourth-order valence-electron chi connectivity index (χ4n) is 2.57. The molecule has 0 bridgehead atoms. The van der Waals surface area contributed by atoms with E-state index >= 15 is 0 Å². The molecule has 1 atom stereocenters. The van der Waals surface area contributed by atoms with Gasteiger partial charge in [0, 0.05) is 13.6 Å². The molecule has 1 unspecified atom stereocenters. The number of aliphatic imine (C=N–C) groups is 1. The van der Waals surface area contributed by atoms with Crippen LogP contribution in [0.5, 0.6) is 0 Å². The van der Waals surface area contributed by atoms with Crippen molar-refractivity contribution in [2.75, 3.05) is 11.4 Å². The van der Waals surface area contributed by atoms with Crippen molar-refractivity contribution in [2.45, 2.75) is 26.3 Å². The number of benzene rings is 1. The van der Waals surface area contributed by atoms with Crippen molar-refractivity contribution < 1.29 is 0 Å². The van der Waals surface area contributed by atoms with Crippen LogP contribution in [0.3, 0.4) is 0 Å². The van der Waals surface area contributed by atoms with E-state index in [1.807, 2.05) is 19.7 Å². The van der Waals surface area contributed by atoms with Gasteiger partial charge in [0.05, 0.1) is 29.9 Å². The second-order valence-corrected chi connectivity index (χ2v) is 4.93. The van der Waals surface area contributed by atoms with Crippen molar-refractivity contribution in [1.82, 2.24) is 9.55 Å². The van der Waals surface area contributed by atoms with Crippen LogP contribution < -0.4 is 4.90 Å². The predicted molar refractivity (Wildman–Crippen MR) is 75.4 cm³/mol. The van der Waals surface area contributed by atoms with Gasteiger partial charge >= 0.3 is 0 Å². The number of aromatic nitrogens is 2. The highest BCUT2D eigenvalue weighted by atomic mass is 15.2. The van der Waals surface area contributed by atoms with Crippen LogP contribution in [0.15, 0.2) is 23.5 Å². The summed E-state index contributed by atoms with van der Waals surface area (Å²) in [5.41, 5.74) is 4.70. The Balaban J connectivity index is 2.09. The molecule has 94 valence electrons. The van der Waals surface area contributed by atoms with E-state index in [1.165, 1.54) is 11.1 Å². The maximum atomic E-state index is 4.53. The zero-order valence-electron chi connectivity index (χ0n) is 11.1. The monoisotopic (exact) mass is 242 g/mol. The van der Waals surface area contributed by atoms with E-state index in [9.17, 15) is 0 Å². The van der Waals surface area contributed by atoms with Crippen LogP contribution in [-0.4, -0.2) is 28.5 Å². The third kappa shape index (κ3) is 1.60. The van der Waals surface area contributed by atoms with E-state index in [0.717, 1.165) is 24.2 Å². The van der Waals surface area contributed by atoms with Gasteiger partial charge in [-0.1, -0.05) is 13.0 Å². The number of hydrogen-bond acceptors (Lipinski definition) is 3. The van der Waals surface area contributed by atoms with Crippen LogP contribution in [0.4, 0.5) is 5.69 Å². The average Bonchev–Trinajstić information content (AvgIpc) is 2.97. The first-order valence-corrected chi connectivity index (χ1v) is 6.41. The lowest BCUT2D eigenvalue weighted by Crippen LogP contribution is -2.22. The van der Waals surface area contributed by atoms with Crippen LogP contribution in [0.1, 0.15) is 18.9 Å². The van der Waals surface area contributed by atoms with Gasteiger partial charge in [0.25, 0.3) is 0 Å². The second kappa shape index (κ2) is 4.12. The maximum absolute atomic E-state index is 4.53. The molecule has 2 heterocycles. The fourth-order valence-corrected chi connectivity index (χ4v) is 2.57. The van der Waals surface area contributed by atoms with Gasteiger partial charge in [-0.25, -0.2) is 4.98 Å². The summed E-state index contributed by atoms with van der Waals surface area (Å²) in [6.45, 7) is 5.27. The van der Waals surface area contributed by atoms with E-state index in [4.69, 9.17) is 0 Å². The highest BCUT2D eigenvalue weighted by Crippen LogP contribution is 2.29. The van der Waals surface area contributed by atoms with E-state index < -0.39 is 0 Å². The van der Waals surface area contributed by atoms with E-state index in [1.54, 1.807) is 0 Å². The minimum absolute atomic E-state index is 0.421. The van der Waals surface area contributed by atoms with Gasteiger partial charge in [-0.3, -0.25) is 4.99 Å². The first-order chi connectivity index (χ1) is 8.70. The summed E-state index contributed by atoms with van der Waals surface area (Å²) in [6, 6.07) is 4.73. The number of fused-ring (bicyclic) bond motifs is 1. The molecule has 0 radical (unpaired) electrons. The molecule has 0 fully saturated rings. The number of rotatable bonds is 2. The van der Waals surface area contributed by atoms with Crippen molar-refractivity contribution in [3.05, 3.63) is 24.0 Å². The summed E-state index contributed by atoms with van der Waals surface area (Å²) >= 11 is 0. The Labute approximate surface area is 107 Å². The molecule has 4 nitrogen and oxygen atoms in total. The van der Waals surface area contributed by atoms with E-state index in [-0.39, 0.29) is 0 Å². The Hall–Kier alpha value is -1.84. The van der Waals surface area contributed by atoms with Crippen LogP contribution in [-0.2, 0) is 7.05 Å². The molecule has 0 saturated heterocycles. The molecule has 1 aliphatic rings.